The molecule has 2 heteroatoms. The van der Waals surface area contributed by atoms with Gasteiger partial charge in [0.1, 0.15) is 5.76 Å². The van der Waals surface area contributed by atoms with Crippen molar-refractivity contribution in [3.05, 3.63) is 103 Å². The summed E-state index contributed by atoms with van der Waals surface area (Å²) in [5.74, 6) is 0.949. The fraction of sp³-hybridized carbons (Fsp3) is 0.200. The Hall–Kier alpha value is -2.58. The maximum absolute atomic E-state index is 7.11. The number of allylic oxidation sites excluding steroid dienone is 1. The molecule has 0 radical (unpaired) electrons. The van der Waals surface area contributed by atoms with Crippen molar-refractivity contribution in [2.75, 3.05) is 0 Å². The van der Waals surface area contributed by atoms with Crippen LogP contribution in [0.25, 0.3) is 5.76 Å². The molecular weight excluding hydrogens is 344 g/mol. The molecule has 27 heavy (non-hydrogen) atoms. The van der Waals surface area contributed by atoms with Gasteiger partial charge in [-0.05, 0) is 28.4 Å². The first-order chi connectivity index (χ1) is 13.0. The number of benzene rings is 3. The van der Waals surface area contributed by atoms with Gasteiger partial charge in [0, 0.05) is 5.56 Å². The van der Waals surface area contributed by atoms with Crippen LogP contribution in [0.1, 0.15) is 33.3 Å². The van der Waals surface area contributed by atoms with Gasteiger partial charge >= 0.3 is 8.32 Å². The largest absolute Gasteiger partial charge is 0.534 e. The fourth-order valence-electron chi connectivity index (χ4n) is 3.70. The third-order valence-electron chi connectivity index (χ3n) is 5.00. The molecule has 3 aromatic rings. The summed E-state index contributed by atoms with van der Waals surface area (Å²) in [6, 6.07) is 31.9. The lowest BCUT2D eigenvalue weighted by atomic mass is 10.2. The molecule has 0 saturated carbocycles. The third-order valence-corrected chi connectivity index (χ3v) is 9.93. The molecule has 0 unspecified atom stereocenters. The van der Waals surface area contributed by atoms with E-state index in [2.05, 4.69) is 119 Å². The molecule has 3 rings (SSSR count). The predicted octanol–water partition coefficient (Wildman–Crippen LogP) is 5.62. The Kier molecular flexibility index (Phi) is 5.67. The Morgan fingerprint density at radius 3 is 1.48 bits per heavy atom. The van der Waals surface area contributed by atoms with Gasteiger partial charge in [0.25, 0.3) is 0 Å². The molecule has 3 aromatic carbocycles. The first-order valence-corrected chi connectivity index (χ1v) is 11.4. The molecule has 0 aliphatic heterocycles. The monoisotopic (exact) mass is 372 g/mol. The van der Waals surface area contributed by atoms with Crippen LogP contribution in [0.4, 0.5) is 0 Å². The second-order valence-corrected chi connectivity index (χ2v) is 12.0. The second kappa shape index (κ2) is 7.97. The van der Waals surface area contributed by atoms with E-state index in [1.165, 1.54) is 10.4 Å². The van der Waals surface area contributed by atoms with Gasteiger partial charge in [-0.25, -0.2) is 0 Å². The van der Waals surface area contributed by atoms with Crippen molar-refractivity contribution in [2.45, 2.75) is 32.7 Å². The Bertz CT molecular complexity index is 838. The van der Waals surface area contributed by atoms with Gasteiger partial charge in [-0.2, -0.15) is 0 Å². The van der Waals surface area contributed by atoms with Crippen LogP contribution in [0.3, 0.4) is 0 Å². The Labute approximate surface area is 164 Å². The van der Waals surface area contributed by atoms with Crippen LogP contribution in [0.5, 0.6) is 0 Å². The van der Waals surface area contributed by atoms with Crippen molar-refractivity contribution in [1.29, 1.82) is 0 Å². The van der Waals surface area contributed by atoms with Gasteiger partial charge < -0.3 is 4.43 Å². The summed E-state index contributed by atoms with van der Waals surface area (Å²) in [5.41, 5.74) is 1.12. The van der Waals surface area contributed by atoms with E-state index in [0.29, 0.717) is 0 Å². The quantitative estimate of drug-likeness (QED) is 0.417. The van der Waals surface area contributed by atoms with Crippen LogP contribution in [0, 0.1) is 0 Å². The molecule has 0 atom stereocenters. The van der Waals surface area contributed by atoms with Crippen LogP contribution in [0.2, 0.25) is 5.04 Å². The van der Waals surface area contributed by atoms with Crippen molar-refractivity contribution in [2.24, 2.45) is 0 Å². The van der Waals surface area contributed by atoms with Crippen LogP contribution >= 0.6 is 0 Å². The molecule has 0 aliphatic rings. The minimum absolute atomic E-state index is 0.0429. The Morgan fingerprint density at radius 2 is 1.11 bits per heavy atom. The summed E-state index contributed by atoms with van der Waals surface area (Å²) in [6.45, 7) is 8.96. The maximum atomic E-state index is 7.11. The zero-order valence-electron chi connectivity index (χ0n) is 16.6. The first-order valence-electron chi connectivity index (χ1n) is 9.51. The number of hydrogen-bond acceptors (Lipinski definition) is 1. The molecule has 0 spiro atoms. The molecule has 0 heterocycles. The summed E-state index contributed by atoms with van der Waals surface area (Å²) in [5, 5.41) is 2.54. The smallest absolute Gasteiger partial charge is 0.319 e. The average Bonchev–Trinajstić information content (AvgIpc) is 2.70. The molecule has 0 fully saturated rings. The summed E-state index contributed by atoms with van der Waals surface area (Å²) < 4.78 is 7.11. The predicted molar refractivity (Wildman–Crippen MR) is 119 cm³/mol. The maximum Gasteiger partial charge on any atom is 0.319 e. The van der Waals surface area contributed by atoms with E-state index in [1.807, 2.05) is 6.07 Å². The van der Waals surface area contributed by atoms with E-state index in [1.54, 1.807) is 0 Å². The lowest BCUT2D eigenvalue weighted by Crippen LogP contribution is -2.66. The molecular formula is C25H28OSi. The van der Waals surface area contributed by atoms with E-state index in [0.717, 1.165) is 11.3 Å². The van der Waals surface area contributed by atoms with Gasteiger partial charge in [0.05, 0.1) is 0 Å². The molecule has 0 aromatic heterocycles. The fourth-order valence-corrected chi connectivity index (χ4v) is 8.20. The van der Waals surface area contributed by atoms with Gasteiger partial charge in [0.15, 0.2) is 0 Å². The zero-order chi connectivity index (χ0) is 19.3. The van der Waals surface area contributed by atoms with Gasteiger partial charge in [0.2, 0.25) is 0 Å². The lowest BCUT2D eigenvalue weighted by molar-refractivity contribution is 0.473. The summed E-state index contributed by atoms with van der Waals surface area (Å²) in [4.78, 5) is 0. The molecule has 0 aliphatic carbocycles. The standard InChI is InChI=1S/C25H28OSi/c1-5-24(21-15-9-6-10-16-21)26-27(25(2,3)4,22-17-11-7-12-18-22)23-19-13-8-14-20-23/h5-20H,1-4H3/b24-5-. The molecule has 0 N–H and O–H groups in total. The van der Waals surface area contributed by atoms with Gasteiger partial charge in [-0.15, -0.1) is 0 Å². The van der Waals surface area contributed by atoms with E-state index in [-0.39, 0.29) is 5.04 Å². The average molecular weight is 373 g/mol. The number of hydrogen-bond donors (Lipinski definition) is 0. The zero-order valence-corrected chi connectivity index (χ0v) is 17.6. The van der Waals surface area contributed by atoms with Crippen molar-refractivity contribution in [1.82, 2.24) is 0 Å². The Morgan fingerprint density at radius 1 is 0.704 bits per heavy atom. The van der Waals surface area contributed by atoms with Crippen molar-refractivity contribution in [3.63, 3.8) is 0 Å². The van der Waals surface area contributed by atoms with Crippen LogP contribution in [-0.4, -0.2) is 8.32 Å². The minimum Gasteiger partial charge on any atom is -0.534 e. The Balaban J connectivity index is 2.24. The van der Waals surface area contributed by atoms with E-state index in [9.17, 15) is 0 Å². The minimum atomic E-state index is -2.58. The van der Waals surface area contributed by atoms with Gasteiger partial charge in [-0.3, -0.25) is 0 Å². The molecule has 138 valence electrons. The number of rotatable bonds is 5. The highest BCUT2D eigenvalue weighted by molar-refractivity contribution is 7.00. The molecule has 0 bridgehead atoms. The van der Waals surface area contributed by atoms with Gasteiger partial charge in [-0.1, -0.05) is 112 Å². The summed E-state index contributed by atoms with van der Waals surface area (Å²) in [7, 11) is -2.58. The lowest BCUT2D eigenvalue weighted by Gasteiger charge is -2.43. The van der Waals surface area contributed by atoms with Crippen LogP contribution in [-0.2, 0) is 4.43 Å². The van der Waals surface area contributed by atoms with E-state index in [4.69, 9.17) is 4.43 Å². The molecule has 1 nitrogen and oxygen atoms in total. The summed E-state index contributed by atoms with van der Waals surface area (Å²) in [6.07, 6.45) is 2.09. The first kappa shape index (κ1) is 19.2. The van der Waals surface area contributed by atoms with Crippen molar-refractivity contribution < 1.29 is 4.43 Å². The summed E-state index contributed by atoms with van der Waals surface area (Å²) >= 11 is 0. The van der Waals surface area contributed by atoms with E-state index < -0.39 is 8.32 Å². The van der Waals surface area contributed by atoms with Crippen LogP contribution < -0.4 is 10.4 Å². The van der Waals surface area contributed by atoms with Crippen molar-refractivity contribution >= 4 is 24.5 Å². The SMILES string of the molecule is C/C=C(\O[Si](c1ccccc1)(c1ccccc1)C(C)(C)C)c1ccccc1. The second-order valence-electron chi connectivity index (χ2n) is 7.78. The highest BCUT2D eigenvalue weighted by Crippen LogP contribution is 2.39. The third kappa shape index (κ3) is 3.76. The van der Waals surface area contributed by atoms with Crippen molar-refractivity contribution in [3.8, 4) is 0 Å². The topological polar surface area (TPSA) is 9.23 Å². The highest BCUT2D eigenvalue weighted by atomic mass is 28.4. The van der Waals surface area contributed by atoms with E-state index >= 15 is 0 Å². The normalized spacial score (nSPS) is 12.7. The highest BCUT2D eigenvalue weighted by Gasteiger charge is 2.52. The van der Waals surface area contributed by atoms with Crippen LogP contribution in [0.15, 0.2) is 97.1 Å². The molecule has 0 amide bonds. The molecule has 0 saturated heterocycles.